The van der Waals surface area contributed by atoms with Crippen LogP contribution in [0.2, 0.25) is 0 Å². The third-order valence-corrected chi connectivity index (χ3v) is 5.92. The molecule has 2 unspecified atom stereocenters. The van der Waals surface area contributed by atoms with Crippen LogP contribution >= 0.6 is 0 Å². The summed E-state index contributed by atoms with van der Waals surface area (Å²) in [4.78, 5) is 0. The number of sulfonamides is 1. The van der Waals surface area contributed by atoms with Crippen LogP contribution < -0.4 is 11.1 Å². The van der Waals surface area contributed by atoms with Crippen LogP contribution in [0.4, 0.5) is 0 Å². The minimum absolute atomic E-state index is 0.106. The molecular weight excluding hydrogens is 286 g/mol. The molecule has 116 valence electrons. The number of piperidine rings is 1. The van der Waals surface area contributed by atoms with E-state index in [0.29, 0.717) is 25.2 Å². The van der Waals surface area contributed by atoms with E-state index < -0.39 is 10.0 Å². The molecule has 1 aromatic rings. The number of hydrogen-bond donors (Lipinski definition) is 2. The summed E-state index contributed by atoms with van der Waals surface area (Å²) < 4.78 is 24.6. The Morgan fingerprint density at radius 1 is 1.19 bits per heavy atom. The zero-order valence-corrected chi connectivity index (χ0v) is 13.1. The topological polar surface area (TPSA) is 75.4 Å². The second kappa shape index (κ2) is 5.68. The predicted octanol–water partition coefficient (Wildman–Crippen LogP) is 1.14. The lowest BCUT2D eigenvalue weighted by Crippen LogP contribution is -2.45. The molecule has 1 aliphatic carbocycles. The SMILES string of the molecule is CS(=O)(=O)N1CCC(NC2CC(N)c3ccccc32)CC1. The van der Waals surface area contributed by atoms with Gasteiger partial charge in [0.25, 0.3) is 0 Å². The second-order valence-electron chi connectivity index (χ2n) is 6.13. The minimum atomic E-state index is -3.05. The molecule has 1 saturated heterocycles. The van der Waals surface area contributed by atoms with E-state index in [9.17, 15) is 8.42 Å². The molecule has 0 aromatic heterocycles. The Bertz CT molecular complexity index is 609. The summed E-state index contributed by atoms with van der Waals surface area (Å²) in [7, 11) is -3.05. The molecule has 1 aromatic carbocycles. The second-order valence-corrected chi connectivity index (χ2v) is 8.11. The zero-order chi connectivity index (χ0) is 15.0. The van der Waals surface area contributed by atoms with Crippen LogP contribution in [0.1, 0.15) is 42.5 Å². The molecule has 6 heteroatoms. The molecule has 0 amide bonds. The minimum Gasteiger partial charge on any atom is -0.324 e. The van der Waals surface area contributed by atoms with Crippen LogP contribution in [0.3, 0.4) is 0 Å². The maximum atomic E-state index is 11.5. The summed E-state index contributed by atoms with van der Waals surface area (Å²) in [5, 5.41) is 3.67. The van der Waals surface area contributed by atoms with E-state index in [-0.39, 0.29) is 6.04 Å². The molecule has 0 spiro atoms. The molecule has 5 nitrogen and oxygen atoms in total. The summed E-state index contributed by atoms with van der Waals surface area (Å²) in [5.74, 6) is 0. The van der Waals surface area contributed by atoms with E-state index in [1.54, 1.807) is 4.31 Å². The molecule has 2 aliphatic rings. The van der Waals surface area contributed by atoms with Gasteiger partial charge >= 0.3 is 0 Å². The van der Waals surface area contributed by atoms with Gasteiger partial charge in [-0.2, -0.15) is 0 Å². The molecule has 3 rings (SSSR count). The molecule has 2 atom stereocenters. The third kappa shape index (κ3) is 3.13. The van der Waals surface area contributed by atoms with Gasteiger partial charge < -0.3 is 11.1 Å². The van der Waals surface area contributed by atoms with Gasteiger partial charge in [-0.15, -0.1) is 0 Å². The monoisotopic (exact) mass is 309 g/mol. The van der Waals surface area contributed by atoms with E-state index in [1.807, 2.05) is 6.07 Å². The summed E-state index contributed by atoms with van der Waals surface area (Å²) >= 11 is 0. The van der Waals surface area contributed by atoms with E-state index in [0.717, 1.165) is 19.3 Å². The molecule has 1 heterocycles. The van der Waals surface area contributed by atoms with Gasteiger partial charge in [-0.25, -0.2) is 12.7 Å². The Labute approximate surface area is 126 Å². The van der Waals surface area contributed by atoms with Crippen molar-refractivity contribution in [2.24, 2.45) is 5.73 Å². The van der Waals surface area contributed by atoms with E-state index in [4.69, 9.17) is 5.73 Å². The van der Waals surface area contributed by atoms with Crippen molar-refractivity contribution >= 4 is 10.0 Å². The van der Waals surface area contributed by atoms with Crippen LogP contribution in [0.5, 0.6) is 0 Å². The van der Waals surface area contributed by atoms with Gasteiger partial charge in [0.15, 0.2) is 0 Å². The van der Waals surface area contributed by atoms with Crippen LogP contribution in [0.15, 0.2) is 24.3 Å². The first-order valence-electron chi connectivity index (χ1n) is 7.50. The number of nitrogens with two attached hydrogens (primary N) is 1. The van der Waals surface area contributed by atoms with Crippen molar-refractivity contribution in [3.8, 4) is 0 Å². The Balaban J connectivity index is 1.62. The summed E-state index contributed by atoms with van der Waals surface area (Å²) in [6.45, 7) is 1.22. The lowest BCUT2D eigenvalue weighted by atomic mass is 10.0. The number of fused-ring (bicyclic) bond motifs is 1. The Hall–Kier alpha value is -0.950. The first kappa shape index (κ1) is 15.0. The van der Waals surface area contributed by atoms with Crippen molar-refractivity contribution in [3.63, 3.8) is 0 Å². The lowest BCUT2D eigenvalue weighted by molar-refractivity contribution is 0.272. The van der Waals surface area contributed by atoms with Crippen molar-refractivity contribution in [1.29, 1.82) is 0 Å². The van der Waals surface area contributed by atoms with Gasteiger partial charge in [-0.3, -0.25) is 0 Å². The highest BCUT2D eigenvalue weighted by Gasteiger charge is 2.31. The van der Waals surface area contributed by atoms with Gasteiger partial charge in [0, 0.05) is 31.2 Å². The van der Waals surface area contributed by atoms with Gasteiger partial charge in [-0.05, 0) is 30.4 Å². The van der Waals surface area contributed by atoms with Crippen molar-refractivity contribution in [3.05, 3.63) is 35.4 Å². The summed E-state index contributed by atoms with van der Waals surface area (Å²) in [6.07, 6.45) is 3.93. The number of rotatable bonds is 3. The maximum Gasteiger partial charge on any atom is 0.211 e. The van der Waals surface area contributed by atoms with Gasteiger partial charge in [0.05, 0.1) is 6.26 Å². The van der Waals surface area contributed by atoms with Crippen LogP contribution in [-0.2, 0) is 10.0 Å². The normalized spacial score (nSPS) is 27.7. The van der Waals surface area contributed by atoms with Crippen LogP contribution in [-0.4, -0.2) is 38.1 Å². The zero-order valence-electron chi connectivity index (χ0n) is 12.3. The number of benzene rings is 1. The van der Waals surface area contributed by atoms with Gasteiger partial charge in [-0.1, -0.05) is 24.3 Å². The van der Waals surface area contributed by atoms with E-state index in [1.165, 1.54) is 17.4 Å². The largest absolute Gasteiger partial charge is 0.324 e. The maximum absolute atomic E-state index is 11.5. The fourth-order valence-corrected chi connectivity index (χ4v) is 4.34. The highest BCUT2D eigenvalue weighted by molar-refractivity contribution is 7.88. The van der Waals surface area contributed by atoms with Crippen LogP contribution in [0, 0.1) is 0 Å². The van der Waals surface area contributed by atoms with E-state index >= 15 is 0 Å². The third-order valence-electron chi connectivity index (χ3n) is 4.62. The smallest absolute Gasteiger partial charge is 0.211 e. The number of nitrogens with zero attached hydrogens (tertiary/aromatic N) is 1. The fraction of sp³-hybridized carbons (Fsp3) is 0.600. The molecular formula is C15H23N3O2S. The van der Waals surface area contributed by atoms with Gasteiger partial charge in [0.1, 0.15) is 0 Å². The van der Waals surface area contributed by atoms with Crippen LogP contribution in [0.25, 0.3) is 0 Å². The summed E-state index contributed by atoms with van der Waals surface area (Å²) in [5.41, 5.74) is 8.73. The molecule has 3 N–H and O–H groups in total. The van der Waals surface area contributed by atoms with Crippen molar-refractivity contribution in [2.45, 2.75) is 37.4 Å². The number of nitrogens with one attached hydrogen (secondary N) is 1. The molecule has 0 bridgehead atoms. The molecule has 1 aliphatic heterocycles. The molecule has 21 heavy (non-hydrogen) atoms. The average molecular weight is 309 g/mol. The first-order valence-corrected chi connectivity index (χ1v) is 9.35. The van der Waals surface area contributed by atoms with Crippen molar-refractivity contribution in [1.82, 2.24) is 9.62 Å². The van der Waals surface area contributed by atoms with Gasteiger partial charge in [0.2, 0.25) is 10.0 Å². The highest BCUT2D eigenvalue weighted by atomic mass is 32.2. The Morgan fingerprint density at radius 3 is 2.43 bits per heavy atom. The van der Waals surface area contributed by atoms with Crippen molar-refractivity contribution < 1.29 is 8.42 Å². The predicted molar refractivity (Wildman–Crippen MR) is 83.3 cm³/mol. The standard InChI is InChI=1S/C15H23N3O2S/c1-21(19,20)18-8-6-11(7-9-18)17-15-10-14(16)12-4-2-3-5-13(12)15/h2-5,11,14-15,17H,6-10,16H2,1H3. The number of hydrogen-bond acceptors (Lipinski definition) is 4. The fourth-order valence-electron chi connectivity index (χ4n) is 3.47. The molecule has 0 radical (unpaired) electrons. The quantitative estimate of drug-likeness (QED) is 0.878. The molecule has 1 fully saturated rings. The molecule has 0 saturated carbocycles. The Morgan fingerprint density at radius 2 is 1.81 bits per heavy atom. The Kier molecular flexibility index (Phi) is 4.05. The van der Waals surface area contributed by atoms with Crippen molar-refractivity contribution in [2.75, 3.05) is 19.3 Å². The highest BCUT2D eigenvalue weighted by Crippen LogP contribution is 2.37. The average Bonchev–Trinajstić information content (AvgIpc) is 2.76. The lowest BCUT2D eigenvalue weighted by Gasteiger charge is -2.32. The summed E-state index contributed by atoms with van der Waals surface area (Å²) in [6, 6.07) is 9.11. The van der Waals surface area contributed by atoms with E-state index in [2.05, 4.69) is 23.5 Å². The first-order chi connectivity index (χ1) is 9.95.